The van der Waals surface area contributed by atoms with Crippen molar-refractivity contribution in [1.82, 2.24) is 4.98 Å². The van der Waals surface area contributed by atoms with E-state index in [9.17, 15) is 0 Å². The van der Waals surface area contributed by atoms with Crippen LogP contribution in [0.5, 0.6) is 0 Å². The number of nitrogens with one attached hydrogen (secondary N) is 3. The summed E-state index contributed by atoms with van der Waals surface area (Å²) in [4.78, 5) is 4.00. The Labute approximate surface area is 87.9 Å². The van der Waals surface area contributed by atoms with Crippen LogP contribution in [0.3, 0.4) is 0 Å². The van der Waals surface area contributed by atoms with Crippen molar-refractivity contribution in [3.05, 3.63) is 23.5 Å². The van der Waals surface area contributed by atoms with Gasteiger partial charge in [0.05, 0.1) is 23.5 Å². The van der Waals surface area contributed by atoms with E-state index >= 15 is 0 Å². The maximum atomic E-state index is 7.81. The van der Waals surface area contributed by atoms with Gasteiger partial charge in [-0.3, -0.25) is 4.98 Å². The minimum Gasteiger partial charge on any atom is -0.397 e. The number of nitrogens with two attached hydrogens (primary N) is 1. The summed E-state index contributed by atoms with van der Waals surface area (Å²) in [5, 5.41) is 22.0. The van der Waals surface area contributed by atoms with Crippen molar-refractivity contribution in [2.24, 2.45) is 5.92 Å². The number of rotatable bonds is 4. The van der Waals surface area contributed by atoms with E-state index in [0.29, 0.717) is 11.3 Å². The van der Waals surface area contributed by atoms with Crippen molar-refractivity contribution in [3.8, 4) is 0 Å². The van der Waals surface area contributed by atoms with Crippen molar-refractivity contribution in [1.29, 1.82) is 16.2 Å². The van der Waals surface area contributed by atoms with Crippen molar-refractivity contribution in [2.45, 2.75) is 6.92 Å². The molecule has 1 aromatic heterocycles. The van der Waals surface area contributed by atoms with Crippen molar-refractivity contribution < 1.29 is 0 Å². The quantitative estimate of drug-likeness (QED) is 0.552. The minimum atomic E-state index is -0.617. The van der Waals surface area contributed by atoms with Gasteiger partial charge in [0.25, 0.3) is 0 Å². The van der Waals surface area contributed by atoms with E-state index in [-0.39, 0.29) is 5.71 Å². The molecule has 0 unspecified atom stereocenters. The number of hydrogen-bond acceptors (Lipinski definition) is 5. The molecule has 0 aliphatic heterocycles. The molecule has 1 aromatic rings. The third-order valence-corrected chi connectivity index (χ3v) is 2.05. The molecule has 0 aliphatic rings. The average Bonchev–Trinajstić information content (AvgIpc) is 2.23. The second kappa shape index (κ2) is 4.45. The number of aryl methyl sites for hydroxylation is 1. The molecule has 0 saturated carbocycles. The van der Waals surface area contributed by atoms with Gasteiger partial charge in [0.15, 0.2) is 0 Å². The van der Waals surface area contributed by atoms with Crippen molar-refractivity contribution >= 4 is 23.8 Å². The number of nitrogens with zero attached hydrogens (tertiary/aromatic N) is 1. The Hall–Kier alpha value is -2.04. The zero-order valence-electron chi connectivity index (χ0n) is 8.41. The van der Waals surface area contributed by atoms with Gasteiger partial charge in [-0.15, -0.1) is 0 Å². The Balaban J connectivity index is 3.15. The molecule has 0 spiro atoms. The number of nitrogen functional groups attached to an aromatic ring is 1. The SMILES string of the molecule is Cc1cc(C(=N)C(C=N)C=N)c(N)cn1. The fourth-order valence-corrected chi connectivity index (χ4v) is 1.20. The van der Waals surface area contributed by atoms with Crippen LogP contribution in [0.4, 0.5) is 5.69 Å². The average molecular weight is 203 g/mol. The summed E-state index contributed by atoms with van der Waals surface area (Å²) < 4.78 is 0. The molecule has 15 heavy (non-hydrogen) atoms. The molecule has 78 valence electrons. The number of anilines is 1. The highest BCUT2D eigenvalue weighted by atomic mass is 14.7. The lowest BCUT2D eigenvalue weighted by Gasteiger charge is -2.10. The Bertz CT molecular complexity index is 402. The van der Waals surface area contributed by atoms with Crippen LogP contribution in [0, 0.1) is 29.1 Å². The molecular formula is C10H13N5. The normalized spacial score (nSPS) is 11.8. The predicted octanol–water partition coefficient (Wildman–Crippen LogP) is 1.26. The van der Waals surface area contributed by atoms with Crippen molar-refractivity contribution in [3.63, 3.8) is 0 Å². The molecule has 1 rings (SSSR count). The van der Waals surface area contributed by atoms with E-state index in [1.165, 1.54) is 6.20 Å². The number of pyridine rings is 1. The Morgan fingerprint density at radius 1 is 1.47 bits per heavy atom. The molecule has 0 saturated heterocycles. The maximum absolute atomic E-state index is 7.81. The van der Waals surface area contributed by atoms with Gasteiger partial charge in [-0.25, -0.2) is 0 Å². The minimum absolute atomic E-state index is 0.156. The molecular weight excluding hydrogens is 190 g/mol. The second-order valence-electron chi connectivity index (χ2n) is 3.19. The van der Waals surface area contributed by atoms with Crippen molar-refractivity contribution in [2.75, 3.05) is 5.73 Å². The Kier molecular flexibility index (Phi) is 3.28. The van der Waals surface area contributed by atoms with Gasteiger partial charge in [-0.05, 0) is 13.0 Å². The molecule has 0 atom stereocenters. The third-order valence-electron chi connectivity index (χ3n) is 2.05. The Morgan fingerprint density at radius 3 is 2.60 bits per heavy atom. The van der Waals surface area contributed by atoms with Gasteiger partial charge in [0.2, 0.25) is 0 Å². The summed E-state index contributed by atoms with van der Waals surface area (Å²) in [6, 6.07) is 1.69. The maximum Gasteiger partial charge on any atom is 0.0705 e. The summed E-state index contributed by atoms with van der Waals surface area (Å²) >= 11 is 0. The zero-order chi connectivity index (χ0) is 11.4. The summed E-state index contributed by atoms with van der Waals surface area (Å²) in [6.07, 6.45) is 3.58. The second-order valence-corrected chi connectivity index (χ2v) is 3.19. The summed E-state index contributed by atoms with van der Waals surface area (Å²) in [6.45, 7) is 1.81. The summed E-state index contributed by atoms with van der Waals surface area (Å²) in [7, 11) is 0. The van der Waals surface area contributed by atoms with Crippen LogP contribution in [0.2, 0.25) is 0 Å². The van der Waals surface area contributed by atoms with Gasteiger partial charge in [0.1, 0.15) is 0 Å². The topological polar surface area (TPSA) is 110 Å². The van der Waals surface area contributed by atoms with E-state index in [2.05, 4.69) is 4.98 Å². The van der Waals surface area contributed by atoms with Gasteiger partial charge < -0.3 is 22.0 Å². The first kappa shape index (κ1) is 11.0. The van der Waals surface area contributed by atoms with Gasteiger partial charge >= 0.3 is 0 Å². The highest BCUT2D eigenvalue weighted by Crippen LogP contribution is 2.14. The molecule has 5 nitrogen and oxygen atoms in total. The van der Waals surface area contributed by atoms with E-state index in [4.69, 9.17) is 22.0 Å². The van der Waals surface area contributed by atoms with Crippen LogP contribution >= 0.6 is 0 Å². The lowest BCUT2D eigenvalue weighted by atomic mass is 9.98. The summed E-state index contributed by atoms with van der Waals surface area (Å²) in [5.41, 5.74) is 7.54. The third kappa shape index (κ3) is 2.25. The highest BCUT2D eigenvalue weighted by molar-refractivity contribution is 6.18. The van der Waals surface area contributed by atoms with Crippen LogP contribution in [0.1, 0.15) is 11.3 Å². The largest absolute Gasteiger partial charge is 0.397 e. The zero-order valence-corrected chi connectivity index (χ0v) is 8.41. The molecule has 0 amide bonds. The number of hydrogen-bond donors (Lipinski definition) is 4. The van der Waals surface area contributed by atoms with Gasteiger partial charge in [0, 0.05) is 23.7 Å². The van der Waals surface area contributed by atoms with E-state index in [1.54, 1.807) is 13.0 Å². The van der Waals surface area contributed by atoms with Gasteiger partial charge in [-0.1, -0.05) is 0 Å². The molecule has 0 aliphatic carbocycles. The first-order valence-electron chi connectivity index (χ1n) is 4.42. The standard InChI is InChI=1S/C10H13N5/c1-6-2-8(9(13)5-15-6)10(14)7(3-11)4-12/h2-5,7,11-12,14H,13H2,1H3. The summed E-state index contributed by atoms with van der Waals surface area (Å²) in [5.74, 6) is -0.617. The molecule has 5 heteroatoms. The molecule has 5 N–H and O–H groups in total. The van der Waals surface area contributed by atoms with Crippen LogP contribution in [-0.4, -0.2) is 23.1 Å². The fraction of sp³-hybridized carbons (Fsp3) is 0.200. The first-order valence-corrected chi connectivity index (χ1v) is 4.42. The predicted molar refractivity (Wildman–Crippen MR) is 61.3 cm³/mol. The van der Waals surface area contributed by atoms with Crippen LogP contribution in [0.25, 0.3) is 0 Å². The van der Waals surface area contributed by atoms with E-state index in [0.717, 1.165) is 18.1 Å². The number of aromatic nitrogens is 1. The molecule has 1 heterocycles. The molecule has 0 radical (unpaired) electrons. The lowest BCUT2D eigenvalue weighted by molar-refractivity contribution is 1.18. The fourth-order valence-electron chi connectivity index (χ4n) is 1.20. The molecule has 0 fully saturated rings. The highest BCUT2D eigenvalue weighted by Gasteiger charge is 2.14. The van der Waals surface area contributed by atoms with E-state index in [1.807, 2.05) is 0 Å². The van der Waals surface area contributed by atoms with Crippen LogP contribution in [-0.2, 0) is 0 Å². The molecule has 0 bridgehead atoms. The monoisotopic (exact) mass is 203 g/mol. The lowest BCUT2D eigenvalue weighted by Crippen LogP contribution is -2.18. The molecule has 0 aromatic carbocycles. The van der Waals surface area contributed by atoms with Crippen LogP contribution < -0.4 is 5.73 Å². The van der Waals surface area contributed by atoms with E-state index < -0.39 is 5.92 Å². The van der Waals surface area contributed by atoms with Gasteiger partial charge in [-0.2, -0.15) is 0 Å². The Morgan fingerprint density at radius 2 is 2.07 bits per heavy atom. The smallest absolute Gasteiger partial charge is 0.0705 e. The first-order chi connectivity index (χ1) is 7.10. The van der Waals surface area contributed by atoms with Crippen LogP contribution in [0.15, 0.2) is 12.3 Å².